The third-order valence-electron chi connectivity index (χ3n) is 3.99. The van der Waals surface area contributed by atoms with Crippen LogP contribution in [0.5, 0.6) is 0 Å². The number of aliphatic hydroxyl groups is 1. The Balaban J connectivity index is 2.02. The maximum absolute atomic E-state index is 13.1. The second-order valence-electron chi connectivity index (χ2n) is 5.85. The Hall–Kier alpha value is -1.82. The molecule has 1 aromatic rings. The van der Waals surface area contributed by atoms with Crippen molar-refractivity contribution in [3.05, 3.63) is 42.0 Å². The van der Waals surface area contributed by atoms with Crippen LogP contribution in [0.4, 0.5) is 13.2 Å². The number of nitrogens with one attached hydrogen (secondary N) is 1. The Labute approximate surface area is 133 Å². The molecule has 1 aliphatic carbocycles. The number of amides is 1. The number of halogens is 3. The molecule has 1 aromatic carbocycles. The molecule has 1 saturated carbocycles. The topological polar surface area (TPSA) is 49.3 Å². The fourth-order valence-electron chi connectivity index (χ4n) is 2.82. The molecule has 0 spiro atoms. The molecule has 126 valence electrons. The lowest BCUT2D eigenvalue weighted by molar-refractivity contribution is -0.117. The van der Waals surface area contributed by atoms with Crippen molar-refractivity contribution in [3.8, 4) is 0 Å². The summed E-state index contributed by atoms with van der Waals surface area (Å²) in [6.45, 7) is 0.284. The molecule has 2 atom stereocenters. The fourth-order valence-corrected chi connectivity index (χ4v) is 2.82. The van der Waals surface area contributed by atoms with E-state index in [4.69, 9.17) is 0 Å². The standard InChI is InChI=1S/C17H20F3NO2/c18-17(19,20)15(13-6-2-1-3-7-13)10-16(23)21-11-12-5-4-8-14(22)9-12/h1-3,6-7,10,12,14,22H,4-5,8-9,11H2,(H,21,23). The van der Waals surface area contributed by atoms with Gasteiger partial charge in [0.05, 0.1) is 11.7 Å². The first-order chi connectivity index (χ1) is 10.9. The highest BCUT2D eigenvalue weighted by Gasteiger charge is 2.35. The number of rotatable bonds is 4. The largest absolute Gasteiger partial charge is 0.417 e. The zero-order valence-electron chi connectivity index (χ0n) is 12.6. The number of hydrogen-bond acceptors (Lipinski definition) is 2. The number of hydrogen-bond donors (Lipinski definition) is 2. The molecular weight excluding hydrogens is 307 g/mol. The first kappa shape index (κ1) is 17.5. The van der Waals surface area contributed by atoms with Crippen molar-refractivity contribution in [2.24, 2.45) is 5.92 Å². The molecule has 2 rings (SSSR count). The minimum atomic E-state index is -4.60. The molecule has 1 aliphatic rings. The van der Waals surface area contributed by atoms with E-state index in [1.54, 1.807) is 6.07 Å². The van der Waals surface area contributed by atoms with E-state index in [0.717, 1.165) is 19.3 Å². The molecule has 2 unspecified atom stereocenters. The van der Waals surface area contributed by atoms with E-state index in [-0.39, 0.29) is 24.1 Å². The van der Waals surface area contributed by atoms with Gasteiger partial charge in [0.1, 0.15) is 0 Å². The van der Waals surface area contributed by atoms with Gasteiger partial charge in [-0.15, -0.1) is 0 Å². The van der Waals surface area contributed by atoms with Gasteiger partial charge in [0.25, 0.3) is 0 Å². The van der Waals surface area contributed by atoms with Crippen LogP contribution in [0.15, 0.2) is 36.4 Å². The van der Waals surface area contributed by atoms with E-state index < -0.39 is 17.7 Å². The SMILES string of the molecule is O=C(C=C(c1ccccc1)C(F)(F)F)NCC1CCCC(O)C1. The lowest BCUT2D eigenvalue weighted by Gasteiger charge is -2.25. The van der Waals surface area contributed by atoms with Gasteiger partial charge < -0.3 is 10.4 Å². The summed E-state index contributed by atoms with van der Waals surface area (Å²) in [6.07, 6.45) is -1.31. The van der Waals surface area contributed by atoms with Crippen LogP contribution in [0.3, 0.4) is 0 Å². The summed E-state index contributed by atoms with van der Waals surface area (Å²) in [4.78, 5) is 11.8. The number of benzene rings is 1. The van der Waals surface area contributed by atoms with E-state index in [2.05, 4.69) is 5.32 Å². The van der Waals surface area contributed by atoms with Crippen molar-refractivity contribution in [2.75, 3.05) is 6.54 Å². The summed E-state index contributed by atoms with van der Waals surface area (Å²) in [6, 6.07) is 7.26. The minimum Gasteiger partial charge on any atom is -0.393 e. The molecule has 0 bridgehead atoms. The van der Waals surface area contributed by atoms with Crippen molar-refractivity contribution in [1.29, 1.82) is 0 Å². The van der Waals surface area contributed by atoms with E-state index in [0.29, 0.717) is 12.5 Å². The monoisotopic (exact) mass is 327 g/mol. The Morgan fingerprint density at radius 3 is 2.57 bits per heavy atom. The van der Waals surface area contributed by atoms with Crippen LogP contribution in [-0.2, 0) is 4.79 Å². The lowest BCUT2D eigenvalue weighted by atomic mass is 9.87. The van der Waals surface area contributed by atoms with Crippen molar-refractivity contribution in [1.82, 2.24) is 5.32 Å². The quantitative estimate of drug-likeness (QED) is 0.834. The number of carbonyl (C=O) groups excluding carboxylic acids is 1. The fraction of sp³-hybridized carbons (Fsp3) is 0.471. The smallest absolute Gasteiger partial charge is 0.393 e. The third-order valence-corrected chi connectivity index (χ3v) is 3.99. The second kappa shape index (κ2) is 7.64. The molecule has 3 nitrogen and oxygen atoms in total. The van der Waals surface area contributed by atoms with Crippen molar-refractivity contribution in [3.63, 3.8) is 0 Å². The first-order valence-corrected chi connectivity index (χ1v) is 7.66. The van der Waals surface area contributed by atoms with Gasteiger partial charge in [0, 0.05) is 12.6 Å². The zero-order valence-corrected chi connectivity index (χ0v) is 12.6. The van der Waals surface area contributed by atoms with E-state index in [9.17, 15) is 23.1 Å². The van der Waals surface area contributed by atoms with Crippen LogP contribution in [0.2, 0.25) is 0 Å². The van der Waals surface area contributed by atoms with Crippen LogP contribution in [0.1, 0.15) is 31.2 Å². The number of carbonyl (C=O) groups is 1. The molecular formula is C17H20F3NO2. The average Bonchev–Trinajstić information content (AvgIpc) is 2.50. The van der Waals surface area contributed by atoms with Crippen LogP contribution in [0.25, 0.3) is 5.57 Å². The van der Waals surface area contributed by atoms with E-state index >= 15 is 0 Å². The molecule has 0 saturated heterocycles. The van der Waals surface area contributed by atoms with Gasteiger partial charge in [-0.05, 0) is 30.7 Å². The van der Waals surface area contributed by atoms with E-state index in [1.807, 2.05) is 0 Å². The summed E-state index contributed by atoms with van der Waals surface area (Å²) in [7, 11) is 0. The molecule has 0 radical (unpaired) electrons. The molecule has 6 heteroatoms. The second-order valence-corrected chi connectivity index (χ2v) is 5.85. The van der Waals surface area contributed by atoms with E-state index in [1.165, 1.54) is 24.3 Å². The molecule has 0 aliphatic heterocycles. The van der Waals surface area contributed by atoms with Gasteiger partial charge in [0.15, 0.2) is 0 Å². The predicted molar refractivity (Wildman–Crippen MR) is 81.4 cm³/mol. The highest BCUT2D eigenvalue weighted by Crippen LogP contribution is 2.33. The first-order valence-electron chi connectivity index (χ1n) is 7.66. The van der Waals surface area contributed by atoms with Gasteiger partial charge in [0.2, 0.25) is 5.91 Å². The lowest BCUT2D eigenvalue weighted by Crippen LogP contribution is -2.32. The number of alkyl halides is 3. The normalized spacial score (nSPS) is 22.7. The maximum atomic E-state index is 13.1. The highest BCUT2D eigenvalue weighted by atomic mass is 19.4. The van der Waals surface area contributed by atoms with Gasteiger partial charge in [-0.2, -0.15) is 13.2 Å². The summed E-state index contributed by atoms with van der Waals surface area (Å²) >= 11 is 0. The number of allylic oxidation sites excluding steroid dienone is 1. The Morgan fingerprint density at radius 2 is 1.96 bits per heavy atom. The summed E-state index contributed by atoms with van der Waals surface area (Å²) in [5.41, 5.74) is -0.998. The van der Waals surface area contributed by atoms with Crippen LogP contribution in [-0.4, -0.2) is 29.8 Å². The summed E-state index contributed by atoms with van der Waals surface area (Å²) in [5.74, 6) is -0.650. The van der Waals surface area contributed by atoms with Gasteiger partial charge in [-0.25, -0.2) is 0 Å². The van der Waals surface area contributed by atoms with Crippen LogP contribution in [0, 0.1) is 5.92 Å². The molecule has 1 fully saturated rings. The summed E-state index contributed by atoms with van der Waals surface area (Å²) in [5, 5.41) is 12.1. The maximum Gasteiger partial charge on any atom is 0.417 e. The summed E-state index contributed by atoms with van der Waals surface area (Å²) < 4.78 is 39.4. The molecule has 0 heterocycles. The molecule has 0 aromatic heterocycles. The Bertz CT molecular complexity index is 555. The highest BCUT2D eigenvalue weighted by molar-refractivity contribution is 5.96. The van der Waals surface area contributed by atoms with Gasteiger partial charge in [-0.3, -0.25) is 4.79 Å². The predicted octanol–water partition coefficient (Wildman–Crippen LogP) is 3.30. The third kappa shape index (κ3) is 5.39. The van der Waals surface area contributed by atoms with Crippen molar-refractivity contribution >= 4 is 11.5 Å². The van der Waals surface area contributed by atoms with Gasteiger partial charge in [-0.1, -0.05) is 36.8 Å². The zero-order chi connectivity index (χ0) is 16.9. The Kier molecular flexibility index (Phi) is 5.82. The molecule has 2 N–H and O–H groups in total. The molecule has 23 heavy (non-hydrogen) atoms. The molecule has 1 amide bonds. The average molecular weight is 327 g/mol. The Morgan fingerprint density at radius 1 is 1.26 bits per heavy atom. The van der Waals surface area contributed by atoms with Crippen molar-refractivity contribution in [2.45, 2.75) is 38.0 Å². The minimum absolute atomic E-state index is 0.0387. The van der Waals surface area contributed by atoms with Crippen molar-refractivity contribution < 1.29 is 23.1 Å². The van der Waals surface area contributed by atoms with Crippen LogP contribution < -0.4 is 5.32 Å². The number of aliphatic hydroxyl groups excluding tert-OH is 1. The van der Waals surface area contributed by atoms with Gasteiger partial charge >= 0.3 is 6.18 Å². The van der Waals surface area contributed by atoms with Crippen LogP contribution >= 0.6 is 0 Å².